The average Bonchev–Trinajstić information content (AvgIpc) is 3.14. The summed E-state index contributed by atoms with van der Waals surface area (Å²) in [6.07, 6.45) is 0.618. The lowest BCUT2D eigenvalue weighted by atomic mass is 10.2. The third-order valence-corrected chi connectivity index (χ3v) is 6.30. The number of hydrogen-bond acceptors (Lipinski definition) is 6. The highest BCUT2D eigenvalue weighted by atomic mass is 16.5. The Hall–Kier alpha value is -2.49. The van der Waals surface area contributed by atoms with Crippen LogP contribution in [-0.2, 0) is 22.6 Å². The van der Waals surface area contributed by atoms with Crippen LogP contribution in [0.1, 0.15) is 37.3 Å². The molecule has 3 heterocycles. The molecule has 2 aliphatic heterocycles. The maximum absolute atomic E-state index is 12.7. The Bertz CT molecular complexity index is 933. The molecule has 0 saturated carbocycles. The second-order valence-corrected chi connectivity index (χ2v) is 8.48. The number of fused-ring (bicyclic) bond motifs is 1. The minimum Gasteiger partial charge on any atom is -0.368 e. The Morgan fingerprint density at radius 3 is 2.62 bits per heavy atom. The first-order valence-electron chi connectivity index (χ1n) is 11.7. The molecule has 1 aromatic heterocycles. The predicted molar refractivity (Wildman–Crippen MR) is 122 cm³/mol. The number of carbonyl (C=O) groups excluding carboxylic acids is 1. The van der Waals surface area contributed by atoms with Crippen LogP contribution in [-0.4, -0.2) is 82.5 Å². The number of amides is 1. The van der Waals surface area contributed by atoms with Crippen LogP contribution in [0.15, 0.2) is 35.1 Å². The third kappa shape index (κ3) is 5.65. The smallest absolute Gasteiger partial charge is 0.346 e. The van der Waals surface area contributed by atoms with Crippen molar-refractivity contribution in [3.8, 4) is 0 Å². The normalized spacial score (nSPS) is 19.6. The largest absolute Gasteiger partial charge is 0.368 e. The lowest BCUT2D eigenvalue weighted by Crippen LogP contribution is -2.46. The fourth-order valence-electron chi connectivity index (χ4n) is 4.38. The van der Waals surface area contributed by atoms with Crippen LogP contribution in [0.25, 0.3) is 0 Å². The minimum absolute atomic E-state index is 0.0655. The second kappa shape index (κ2) is 10.9. The Balaban J connectivity index is 1.26. The summed E-state index contributed by atoms with van der Waals surface area (Å²) in [6, 6.07) is 9.76. The van der Waals surface area contributed by atoms with Gasteiger partial charge < -0.3 is 19.9 Å². The molecule has 174 valence electrons. The fourth-order valence-corrected chi connectivity index (χ4v) is 4.38. The molecule has 9 nitrogen and oxygen atoms in total. The van der Waals surface area contributed by atoms with Crippen molar-refractivity contribution < 1.29 is 9.53 Å². The van der Waals surface area contributed by atoms with Gasteiger partial charge in [0.05, 0.1) is 26.1 Å². The number of carbonyl (C=O) groups is 1. The minimum atomic E-state index is -0.490. The fraction of sp³-hybridized carbons (Fsp3) is 0.609. The first-order valence-corrected chi connectivity index (χ1v) is 11.7. The van der Waals surface area contributed by atoms with Gasteiger partial charge in [-0.3, -0.25) is 9.36 Å². The summed E-state index contributed by atoms with van der Waals surface area (Å²) in [6.45, 7) is 10.7. The molecule has 0 bridgehead atoms. The summed E-state index contributed by atoms with van der Waals surface area (Å²) < 4.78 is 8.91. The summed E-state index contributed by atoms with van der Waals surface area (Å²) in [5.41, 5.74) is 0.858. The quantitative estimate of drug-likeness (QED) is 0.576. The highest BCUT2D eigenvalue weighted by Crippen LogP contribution is 2.22. The van der Waals surface area contributed by atoms with E-state index in [0.717, 1.165) is 51.3 Å². The van der Waals surface area contributed by atoms with E-state index >= 15 is 0 Å². The summed E-state index contributed by atoms with van der Waals surface area (Å²) in [5.74, 6) is 0.477. The van der Waals surface area contributed by atoms with E-state index < -0.39 is 6.10 Å². The molecule has 2 aliphatic rings. The van der Waals surface area contributed by atoms with E-state index in [1.807, 2.05) is 30.3 Å². The van der Waals surface area contributed by atoms with Gasteiger partial charge in [-0.05, 0) is 25.1 Å². The molecule has 32 heavy (non-hydrogen) atoms. The molecule has 1 aromatic carbocycles. The Kier molecular flexibility index (Phi) is 7.72. The maximum Gasteiger partial charge on any atom is 0.346 e. The van der Waals surface area contributed by atoms with Crippen LogP contribution in [0.2, 0.25) is 0 Å². The van der Waals surface area contributed by atoms with Crippen LogP contribution in [0.4, 0.5) is 0 Å². The highest BCUT2D eigenvalue weighted by Gasteiger charge is 2.28. The van der Waals surface area contributed by atoms with Crippen molar-refractivity contribution in [2.45, 2.75) is 39.0 Å². The van der Waals surface area contributed by atoms with E-state index in [1.54, 1.807) is 4.57 Å². The molecule has 0 aliphatic carbocycles. The molecule has 4 rings (SSSR count). The van der Waals surface area contributed by atoms with Crippen molar-refractivity contribution >= 4 is 5.91 Å². The van der Waals surface area contributed by atoms with Crippen LogP contribution in [0, 0.1) is 0 Å². The Labute approximate surface area is 188 Å². The first-order chi connectivity index (χ1) is 15.6. The predicted octanol–water partition coefficient (Wildman–Crippen LogP) is 0.698. The molecule has 1 saturated heterocycles. The lowest BCUT2D eigenvalue weighted by Gasteiger charge is -2.34. The number of benzene rings is 1. The molecule has 1 N–H and O–H groups in total. The van der Waals surface area contributed by atoms with E-state index in [-0.39, 0.29) is 18.0 Å². The molecule has 9 heteroatoms. The van der Waals surface area contributed by atoms with Crippen LogP contribution >= 0.6 is 0 Å². The number of piperazine rings is 1. The van der Waals surface area contributed by atoms with Gasteiger partial charge in [-0.25, -0.2) is 9.48 Å². The molecule has 1 amide bonds. The maximum atomic E-state index is 12.7. The highest BCUT2D eigenvalue weighted by molar-refractivity contribution is 5.76. The molecule has 1 unspecified atom stereocenters. The van der Waals surface area contributed by atoms with Crippen molar-refractivity contribution in [1.82, 2.24) is 29.5 Å². The van der Waals surface area contributed by atoms with Crippen LogP contribution in [0.3, 0.4) is 0 Å². The van der Waals surface area contributed by atoms with E-state index in [1.165, 1.54) is 4.68 Å². The second-order valence-electron chi connectivity index (χ2n) is 8.48. The van der Waals surface area contributed by atoms with Gasteiger partial charge in [0, 0.05) is 32.7 Å². The SMILES string of the molecule is CCN1CCN(CCCNC(=O)CC2OCCn3c2nn(Cc2ccccc2)c3=O)CC1. The average molecular weight is 443 g/mol. The number of ether oxygens (including phenoxy) is 1. The summed E-state index contributed by atoms with van der Waals surface area (Å²) in [5, 5.41) is 7.51. The van der Waals surface area contributed by atoms with Crippen LogP contribution < -0.4 is 11.0 Å². The number of hydrogen-bond donors (Lipinski definition) is 1. The molecule has 1 fully saturated rings. The number of nitrogens with zero attached hydrogens (tertiary/aromatic N) is 5. The Morgan fingerprint density at radius 2 is 1.88 bits per heavy atom. The zero-order valence-corrected chi connectivity index (χ0v) is 18.9. The molecule has 0 spiro atoms. The van der Waals surface area contributed by atoms with Gasteiger partial charge >= 0.3 is 5.69 Å². The van der Waals surface area contributed by atoms with Crippen LogP contribution in [0.5, 0.6) is 0 Å². The number of nitrogens with one attached hydrogen (secondary N) is 1. The Morgan fingerprint density at radius 1 is 1.12 bits per heavy atom. The number of likely N-dealkylation sites (N-methyl/N-ethyl adjacent to an activating group) is 1. The molecule has 2 aromatic rings. The van der Waals surface area contributed by atoms with Crippen molar-refractivity contribution in [1.29, 1.82) is 0 Å². The van der Waals surface area contributed by atoms with E-state index in [9.17, 15) is 9.59 Å². The summed E-state index contributed by atoms with van der Waals surface area (Å²) >= 11 is 0. The number of rotatable bonds is 9. The van der Waals surface area contributed by atoms with Crippen molar-refractivity contribution in [2.75, 3.05) is 52.4 Å². The molecule has 0 radical (unpaired) electrons. The van der Waals surface area contributed by atoms with Gasteiger partial charge in [0.1, 0.15) is 6.10 Å². The van der Waals surface area contributed by atoms with Crippen molar-refractivity contribution in [3.63, 3.8) is 0 Å². The van der Waals surface area contributed by atoms with Gasteiger partial charge in [0.25, 0.3) is 0 Å². The standard InChI is InChI=1S/C23H34N6O3/c1-2-26-11-13-27(14-12-26)10-6-9-24-21(30)17-20-22-25-29(18-19-7-4-3-5-8-19)23(31)28(22)15-16-32-20/h3-5,7-8,20H,2,6,9-18H2,1H3,(H,24,30). The van der Waals surface area contributed by atoms with E-state index in [2.05, 4.69) is 27.1 Å². The zero-order valence-electron chi connectivity index (χ0n) is 18.9. The molecular formula is C23H34N6O3. The first kappa shape index (κ1) is 22.7. The molecular weight excluding hydrogens is 408 g/mol. The number of aromatic nitrogens is 3. The summed E-state index contributed by atoms with van der Waals surface area (Å²) in [4.78, 5) is 30.2. The van der Waals surface area contributed by atoms with Gasteiger partial charge in [0.15, 0.2) is 5.82 Å². The topological polar surface area (TPSA) is 84.6 Å². The van der Waals surface area contributed by atoms with E-state index in [0.29, 0.717) is 32.1 Å². The van der Waals surface area contributed by atoms with Gasteiger partial charge in [-0.15, -0.1) is 0 Å². The van der Waals surface area contributed by atoms with Gasteiger partial charge in [0.2, 0.25) is 5.91 Å². The van der Waals surface area contributed by atoms with Crippen molar-refractivity contribution in [3.05, 3.63) is 52.2 Å². The third-order valence-electron chi connectivity index (χ3n) is 6.30. The van der Waals surface area contributed by atoms with E-state index in [4.69, 9.17) is 4.74 Å². The zero-order chi connectivity index (χ0) is 22.3. The summed E-state index contributed by atoms with van der Waals surface area (Å²) in [7, 11) is 0. The van der Waals surface area contributed by atoms with Gasteiger partial charge in [-0.1, -0.05) is 37.3 Å². The van der Waals surface area contributed by atoms with Gasteiger partial charge in [-0.2, -0.15) is 5.10 Å². The monoisotopic (exact) mass is 442 g/mol. The lowest BCUT2D eigenvalue weighted by molar-refractivity contribution is -0.125. The van der Waals surface area contributed by atoms with Crippen molar-refractivity contribution in [2.24, 2.45) is 0 Å². The molecule has 1 atom stereocenters.